The van der Waals surface area contributed by atoms with Crippen LogP contribution in [0.25, 0.3) is 0 Å². The Kier molecular flexibility index (Phi) is 5.25. The molecular weight excluding hydrogens is 272 g/mol. The van der Waals surface area contributed by atoms with E-state index in [1.54, 1.807) is 17.2 Å². The van der Waals surface area contributed by atoms with E-state index in [1.807, 2.05) is 13.0 Å². The van der Waals surface area contributed by atoms with E-state index in [0.717, 1.165) is 25.1 Å². The van der Waals surface area contributed by atoms with Crippen LogP contribution in [-0.4, -0.2) is 35.1 Å². The number of amides is 2. The zero-order valence-electron chi connectivity index (χ0n) is 12.2. The van der Waals surface area contributed by atoms with Crippen molar-refractivity contribution in [3.63, 3.8) is 0 Å². The van der Waals surface area contributed by atoms with Gasteiger partial charge >= 0.3 is 12.0 Å². The first-order chi connectivity index (χ1) is 10.1. The summed E-state index contributed by atoms with van der Waals surface area (Å²) in [7, 11) is 0. The molecule has 21 heavy (non-hydrogen) atoms. The smallest absolute Gasteiger partial charge is 0.317 e. The maximum absolute atomic E-state index is 12.1. The number of piperidine rings is 1. The van der Waals surface area contributed by atoms with Gasteiger partial charge in [-0.3, -0.25) is 4.79 Å². The maximum atomic E-state index is 12.1. The van der Waals surface area contributed by atoms with Gasteiger partial charge in [0.25, 0.3) is 0 Å². The molecule has 2 rings (SSSR count). The molecule has 1 aromatic rings. The highest BCUT2D eigenvalue weighted by molar-refractivity contribution is 5.74. The van der Waals surface area contributed by atoms with Gasteiger partial charge in [-0.05, 0) is 36.8 Å². The topological polar surface area (TPSA) is 82.8 Å². The number of nitrogens with zero attached hydrogens (tertiary/aromatic N) is 1. The second-order valence-corrected chi connectivity index (χ2v) is 5.66. The van der Waals surface area contributed by atoms with Gasteiger partial charge in [0, 0.05) is 19.5 Å². The van der Waals surface area contributed by atoms with Crippen molar-refractivity contribution in [1.29, 1.82) is 0 Å². The zero-order chi connectivity index (χ0) is 15.2. The first-order valence-electron chi connectivity index (χ1n) is 7.33. The van der Waals surface area contributed by atoms with Gasteiger partial charge in [0.2, 0.25) is 0 Å². The lowest BCUT2D eigenvalue weighted by atomic mass is 9.85. The van der Waals surface area contributed by atoms with Crippen LogP contribution in [0, 0.1) is 11.8 Å². The van der Waals surface area contributed by atoms with E-state index in [2.05, 4.69) is 5.32 Å². The quantitative estimate of drug-likeness (QED) is 0.873. The molecule has 0 saturated carbocycles. The number of likely N-dealkylation sites (tertiary alicyclic amines) is 1. The summed E-state index contributed by atoms with van der Waals surface area (Å²) in [6.45, 7) is 3.67. The first kappa shape index (κ1) is 15.4. The van der Waals surface area contributed by atoms with Crippen LogP contribution < -0.4 is 5.32 Å². The van der Waals surface area contributed by atoms with Gasteiger partial charge < -0.3 is 19.7 Å². The molecule has 1 aromatic heterocycles. The molecule has 0 spiro atoms. The summed E-state index contributed by atoms with van der Waals surface area (Å²) >= 11 is 0. The molecule has 0 aromatic carbocycles. The molecule has 2 amide bonds. The van der Waals surface area contributed by atoms with Gasteiger partial charge in [0.05, 0.1) is 12.8 Å². The minimum atomic E-state index is -0.776. The normalized spacial score (nSPS) is 20.0. The van der Waals surface area contributed by atoms with Gasteiger partial charge in [-0.25, -0.2) is 4.79 Å². The third kappa shape index (κ3) is 4.51. The van der Waals surface area contributed by atoms with Crippen LogP contribution in [0.2, 0.25) is 0 Å². The third-order valence-corrected chi connectivity index (χ3v) is 4.04. The fraction of sp³-hybridized carbons (Fsp3) is 0.600. The third-order valence-electron chi connectivity index (χ3n) is 4.04. The van der Waals surface area contributed by atoms with Crippen molar-refractivity contribution in [3.05, 3.63) is 24.2 Å². The highest BCUT2D eigenvalue weighted by atomic mass is 16.4. The number of carboxylic acids is 1. The summed E-state index contributed by atoms with van der Waals surface area (Å²) in [6.07, 6.45) is 3.64. The number of urea groups is 1. The van der Waals surface area contributed by atoms with Crippen LogP contribution in [0.3, 0.4) is 0 Å². The minimum Gasteiger partial charge on any atom is -0.481 e. The largest absolute Gasteiger partial charge is 0.481 e. The van der Waals surface area contributed by atoms with Crippen LogP contribution in [0.1, 0.15) is 31.9 Å². The first-order valence-corrected chi connectivity index (χ1v) is 7.33. The Morgan fingerprint density at radius 2 is 2.38 bits per heavy atom. The van der Waals surface area contributed by atoms with Crippen molar-refractivity contribution in [3.8, 4) is 0 Å². The SMILES string of the molecule is CC(CC(=O)O)C1CCCN(C(=O)NCc2ccco2)C1. The van der Waals surface area contributed by atoms with E-state index in [0.29, 0.717) is 13.1 Å². The van der Waals surface area contributed by atoms with Crippen molar-refractivity contribution in [1.82, 2.24) is 10.2 Å². The predicted molar refractivity (Wildman–Crippen MR) is 76.7 cm³/mol. The number of nitrogens with one attached hydrogen (secondary N) is 1. The fourth-order valence-corrected chi connectivity index (χ4v) is 2.79. The second-order valence-electron chi connectivity index (χ2n) is 5.66. The number of rotatable bonds is 5. The van der Waals surface area contributed by atoms with Crippen LogP contribution in [0.5, 0.6) is 0 Å². The van der Waals surface area contributed by atoms with Crippen LogP contribution in [-0.2, 0) is 11.3 Å². The van der Waals surface area contributed by atoms with Crippen molar-refractivity contribution >= 4 is 12.0 Å². The molecule has 6 nitrogen and oxygen atoms in total. The molecule has 0 aliphatic carbocycles. The van der Waals surface area contributed by atoms with Gasteiger partial charge in [-0.15, -0.1) is 0 Å². The molecule has 2 unspecified atom stereocenters. The highest BCUT2D eigenvalue weighted by Crippen LogP contribution is 2.26. The van der Waals surface area contributed by atoms with Crippen LogP contribution in [0.15, 0.2) is 22.8 Å². The Morgan fingerprint density at radius 3 is 3.05 bits per heavy atom. The van der Waals surface area contributed by atoms with Crippen LogP contribution in [0.4, 0.5) is 4.79 Å². The number of hydrogen-bond donors (Lipinski definition) is 2. The molecule has 116 valence electrons. The van der Waals surface area contributed by atoms with Crippen molar-refractivity contribution in [2.75, 3.05) is 13.1 Å². The van der Waals surface area contributed by atoms with E-state index in [-0.39, 0.29) is 24.3 Å². The molecule has 0 radical (unpaired) electrons. The minimum absolute atomic E-state index is 0.0863. The van der Waals surface area contributed by atoms with E-state index in [4.69, 9.17) is 9.52 Å². The molecule has 1 aliphatic rings. The average Bonchev–Trinajstić information content (AvgIpc) is 2.97. The molecule has 1 fully saturated rings. The Bertz CT molecular complexity index is 472. The predicted octanol–water partition coefficient (Wildman–Crippen LogP) is 2.31. The standard InChI is InChI=1S/C15H22N2O4/c1-11(8-14(18)19)12-4-2-6-17(10-12)15(20)16-9-13-5-3-7-21-13/h3,5,7,11-12H,2,4,6,8-10H2,1H3,(H,16,20)(H,18,19). The van der Waals surface area contributed by atoms with E-state index >= 15 is 0 Å². The van der Waals surface area contributed by atoms with Crippen molar-refractivity contribution in [2.24, 2.45) is 11.8 Å². The molecule has 1 aliphatic heterocycles. The lowest BCUT2D eigenvalue weighted by Gasteiger charge is -2.35. The van der Waals surface area contributed by atoms with E-state index in [1.165, 1.54) is 0 Å². The summed E-state index contributed by atoms with van der Waals surface area (Å²) < 4.78 is 5.18. The van der Waals surface area contributed by atoms with Crippen molar-refractivity contribution < 1.29 is 19.1 Å². The lowest BCUT2D eigenvalue weighted by Crippen LogP contribution is -2.46. The van der Waals surface area contributed by atoms with Gasteiger partial charge in [-0.1, -0.05) is 6.92 Å². The van der Waals surface area contributed by atoms with Crippen molar-refractivity contribution in [2.45, 2.75) is 32.7 Å². The number of furan rings is 1. The van der Waals surface area contributed by atoms with Gasteiger partial charge in [0.1, 0.15) is 5.76 Å². The molecular formula is C15H22N2O4. The summed E-state index contributed by atoms with van der Waals surface area (Å²) in [5, 5.41) is 11.7. The summed E-state index contributed by atoms with van der Waals surface area (Å²) in [5.74, 6) is 0.283. The Hall–Kier alpha value is -1.98. The highest BCUT2D eigenvalue weighted by Gasteiger charge is 2.28. The van der Waals surface area contributed by atoms with E-state index < -0.39 is 5.97 Å². The monoisotopic (exact) mass is 294 g/mol. The maximum Gasteiger partial charge on any atom is 0.317 e. The fourth-order valence-electron chi connectivity index (χ4n) is 2.79. The molecule has 6 heteroatoms. The Labute approximate surface area is 124 Å². The molecule has 2 heterocycles. The molecule has 2 N–H and O–H groups in total. The second kappa shape index (κ2) is 7.15. The summed E-state index contributed by atoms with van der Waals surface area (Å²) in [4.78, 5) is 24.7. The number of hydrogen-bond acceptors (Lipinski definition) is 3. The molecule has 1 saturated heterocycles. The Morgan fingerprint density at radius 1 is 1.57 bits per heavy atom. The molecule has 0 bridgehead atoms. The zero-order valence-corrected chi connectivity index (χ0v) is 12.2. The number of carbonyl (C=O) groups excluding carboxylic acids is 1. The van der Waals surface area contributed by atoms with Crippen LogP contribution >= 0.6 is 0 Å². The molecule has 2 atom stereocenters. The van der Waals surface area contributed by atoms with Gasteiger partial charge in [-0.2, -0.15) is 0 Å². The number of carbonyl (C=O) groups is 2. The Balaban J connectivity index is 1.82. The van der Waals surface area contributed by atoms with E-state index in [9.17, 15) is 9.59 Å². The summed E-state index contributed by atoms with van der Waals surface area (Å²) in [5.41, 5.74) is 0. The number of carboxylic acid groups (broad SMARTS) is 1. The van der Waals surface area contributed by atoms with Gasteiger partial charge in [0.15, 0.2) is 0 Å². The average molecular weight is 294 g/mol. The number of aliphatic carboxylic acids is 1. The lowest BCUT2D eigenvalue weighted by molar-refractivity contribution is -0.138. The summed E-state index contributed by atoms with van der Waals surface area (Å²) in [6, 6.07) is 3.49.